The summed E-state index contributed by atoms with van der Waals surface area (Å²) in [6.45, 7) is 0.917. The molecule has 1 heterocycles. The Morgan fingerprint density at radius 2 is 1.76 bits per heavy atom. The molecule has 3 rings (SSSR count). The van der Waals surface area contributed by atoms with E-state index >= 15 is 0 Å². The molecule has 2 N–H and O–H groups in total. The van der Waals surface area contributed by atoms with Gasteiger partial charge in [0.25, 0.3) is 0 Å². The van der Waals surface area contributed by atoms with E-state index in [1.807, 2.05) is 54.6 Å². The normalized spacial score (nSPS) is 17.8. The van der Waals surface area contributed by atoms with Crippen LogP contribution >= 0.6 is 0 Å². The highest BCUT2D eigenvalue weighted by Gasteiger charge is 2.28. The molecule has 1 saturated heterocycles. The molecule has 0 radical (unpaired) electrons. The summed E-state index contributed by atoms with van der Waals surface area (Å²) in [6, 6.07) is 16.8. The molecular formula is C20H21NO4. The average Bonchev–Trinajstić information content (AvgIpc) is 3.17. The van der Waals surface area contributed by atoms with Crippen LogP contribution in [-0.4, -0.2) is 36.2 Å². The predicted octanol–water partition coefficient (Wildman–Crippen LogP) is 2.50. The molecule has 130 valence electrons. The molecule has 0 spiro atoms. The number of hydrogen-bond donors (Lipinski definition) is 2. The summed E-state index contributed by atoms with van der Waals surface area (Å²) in [5.74, 6) is -1.52. The van der Waals surface area contributed by atoms with E-state index in [1.54, 1.807) is 0 Å². The number of carboxylic acids is 1. The fourth-order valence-electron chi connectivity index (χ4n) is 2.93. The van der Waals surface area contributed by atoms with Crippen LogP contribution in [0.3, 0.4) is 0 Å². The van der Waals surface area contributed by atoms with Gasteiger partial charge in [-0.3, -0.25) is 4.79 Å². The number of carbonyl (C=O) groups is 2. The van der Waals surface area contributed by atoms with Crippen LogP contribution in [0, 0.1) is 5.92 Å². The van der Waals surface area contributed by atoms with E-state index in [0.29, 0.717) is 19.6 Å². The van der Waals surface area contributed by atoms with Crippen molar-refractivity contribution < 1.29 is 19.4 Å². The quantitative estimate of drug-likeness (QED) is 0.848. The van der Waals surface area contributed by atoms with Crippen LogP contribution in [0.4, 0.5) is 0 Å². The number of aliphatic carboxylic acids is 1. The number of amides is 1. The summed E-state index contributed by atoms with van der Waals surface area (Å²) in [5.41, 5.74) is 3.05. The Kier molecular flexibility index (Phi) is 5.46. The van der Waals surface area contributed by atoms with Gasteiger partial charge in [0, 0.05) is 13.0 Å². The van der Waals surface area contributed by atoms with Crippen LogP contribution in [-0.2, 0) is 20.7 Å². The molecule has 0 aliphatic carbocycles. The van der Waals surface area contributed by atoms with E-state index in [9.17, 15) is 14.7 Å². The maximum Gasteiger partial charge on any atom is 0.326 e. The fourth-order valence-corrected chi connectivity index (χ4v) is 2.93. The van der Waals surface area contributed by atoms with E-state index in [2.05, 4.69) is 5.32 Å². The molecule has 5 heteroatoms. The van der Waals surface area contributed by atoms with Crippen LogP contribution < -0.4 is 5.32 Å². The first kappa shape index (κ1) is 17.2. The lowest BCUT2D eigenvalue weighted by molar-refractivity contribution is -0.142. The first-order chi connectivity index (χ1) is 12.1. The van der Waals surface area contributed by atoms with Crippen molar-refractivity contribution in [3.8, 4) is 11.1 Å². The van der Waals surface area contributed by atoms with E-state index in [1.165, 1.54) is 0 Å². The Balaban J connectivity index is 1.65. The highest BCUT2D eigenvalue weighted by molar-refractivity contribution is 5.85. The topological polar surface area (TPSA) is 75.6 Å². The second-order valence-electron chi connectivity index (χ2n) is 6.23. The van der Waals surface area contributed by atoms with Gasteiger partial charge < -0.3 is 15.2 Å². The van der Waals surface area contributed by atoms with E-state index in [-0.39, 0.29) is 18.2 Å². The molecule has 0 bridgehead atoms. The third-order valence-corrected chi connectivity index (χ3v) is 4.42. The van der Waals surface area contributed by atoms with Crippen molar-refractivity contribution in [2.75, 3.05) is 13.2 Å². The third kappa shape index (κ3) is 4.45. The van der Waals surface area contributed by atoms with Crippen molar-refractivity contribution in [3.05, 3.63) is 60.2 Å². The number of carboxylic acid groups (broad SMARTS) is 1. The molecule has 0 saturated carbocycles. The van der Waals surface area contributed by atoms with Gasteiger partial charge in [0.05, 0.1) is 12.5 Å². The first-order valence-corrected chi connectivity index (χ1v) is 8.39. The minimum absolute atomic E-state index is 0.245. The molecule has 1 amide bonds. The number of nitrogens with one attached hydrogen (secondary N) is 1. The Bertz CT molecular complexity index is 721. The lowest BCUT2D eigenvalue weighted by Gasteiger charge is -2.17. The van der Waals surface area contributed by atoms with E-state index in [0.717, 1.165) is 16.7 Å². The molecule has 2 aromatic rings. The van der Waals surface area contributed by atoms with Gasteiger partial charge in [-0.15, -0.1) is 0 Å². The first-order valence-electron chi connectivity index (χ1n) is 8.39. The van der Waals surface area contributed by atoms with Crippen molar-refractivity contribution in [1.29, 1.82) is 0 Å². The van der Waals surface area contributed by atoms with Gasteiger partial charge in [-0.2, -0.15) is 0 Å². The van der Waals surface area contributed by atoms with Crippen LogP contribution in [0.5, 0.6) is 0 Å². The molecule has 0 aromatic heterocycles. The van der Waals surface area contributed by atoms with Gasteiger partial charge in [0.2, 0.25) is 5.91 Å². The molecule has 25 heavy (non-hydrogen) atoms. The molecule has 2 atom stereocenters. The second-order valence-corrected chi connectivity index (χ2v) is 6.23. The summed E-state index contributed by atoms with van der Waals surface area (Å²) in [7, 11) is 0. The summed E-state index contributed by atoms with van der Waals surface area (Å²) in [4.78, 5) is 23.6. The zero-order valence-electron chi connectivity index (χ0n) is 13.9. The predicted molar refractivity (Wildman–Crippen MR) is 94.1 cm³/mol. The summed E-state index contributed by atoms with van der Waals surface area (Å²) >= 11 is 0. The molecular weight excluding hydrogens is 318 g/mol. The minimum Gasteiger partial charge on any atom is -0.480 e. The number of rotatable bonds is 6. The van der Waals surface area contributed by atoms with Crippen LogP contribution in [0.15, 0.2) is 54.6 Å². The number of carbonyl (C=O) groups excluding carboxylic acids is 1. The maximum absolute atomic E-state index is 12.1. The summed E-state index contributed by atoms with van der Waals surface area (Å²) < 4.78 is 5.19. The molecule has 1 fully saturated rings. The summed E-state index contributed by atoms with van der Waals surface area (Å²) in [5, 5.41) is 12.0. The SMILES string of the molecule is O=C(N[C@H](Cc1ccc(-c2ccccc2)cc1)C(=O)O)[C@@H]1CCOC1. The second kappa shape index (κ2) is 7.94. The largest absolute Gasteiger partial charge is 0.480 e. The standard InChI is InChI=1S/C20H21NO4/c22-19(17-10-11-25-13-17)21-18(20(23)24)12-14-6-8-16(9-7-14)15-4-2-1-3-5-15/h1-9,17-18H,10-13H2,(H,21,22)(H,23,24)/t17-,18-/m1/s1. The summed E-state index contributed by atoms with van der Waals surface area (Å²) in [6.07, 6.45) is 0.896. The van der Waals surface area contributed by atoms with Crippen molar-refractivity contribution in [2.45, 2.75) is 18.9 Å². The molecule has 0 unspecified atom stereocenters. The van der Waals surface area contributed by atoms with Gasteiger partial charge in [-0.1, -0.05) is 54.6 Å². The van der Waals surface area contributed by atoms with Gasteiger partial charge >= 0.3 is 5.97 Å². The van der Waals surface area contributed by atoms with Gasteiger partial charge in [0.1, 0.15) is 6.04 Å². The van der Waals surface area contributed by atoms with Gasteiger partial charge in [-0.05, 0) is 23.1 Å². The zero-order chi connectivity index (χ0) is 17.6. The van der Waals surface area contributed by atoms with Crippen molar-refractivity contribution in [1.82, 2.24) is 5.32 Å². The molecule has 2 aromatic carbocycles. The molecule has 1 aliphatic rings. The molecule has 5 nitrogen and oxygen atoms in total. The van der Waals surface area contributed by atoms with Gasteiger partial charge in [0.15, 0.2) is 0 Å². The Hall–Kier alpha value is -2.66. The van der Waals surface area contributed by atoms with Gasteiger partial charge in [-0.25, -0.2) is 4.79 Å². The lowest BCUT2D eigenvalue weighted by atomic mass is 10.00. The van der Waals surface area contributed by atoms with Crippen LogP contribution in [0.2, 0.25) is 0 Å². The smallest absolute Gasteiger partial charge is 0.326 e. The third-order valence-electron chi connectivity index (χ3n) is 4.42. The minimum atomic E-state index is -1.03. The average molecular weight is 339 g/mol. The van der Waals surface area contributed by atoms with Crippen molar-refractivity contribution in [2.24, 2.45) is 5.92 Å². The van der Waals surface area contributed by atoms with Crippen LogP contribution in [0.25, 0.3) is 11.1 Å². The monoisotopic (exact) mass is 339 g/mol. The fraction of sp³-hybridized carbons (Fsp3) is 0.300. The Labute approximate surface area is 146 Å². The Morgan fingerprint density at radius 3 is 2.36 bits per heavy atom. The highest BCUT2D eigenvalue weighted by atomic mass is 16.5. The highest BCUT2D eigenvalue weighted by Crippen LogP contribution is 2.20. The lowest BCUT2D eigenvalue weighted by Crippen LogP contribution is -2.45. The van der Waals surface area contributed by atoms with Crippen molar-refractivity contribution in [3.63, 3.8) is 0 Å². The number of benzene rings is 2. The number of ether oxygens (including phenoxy) is 1. The Morgan fingerprint density at radius 1 is 1.08 bits per heavy atom. The van der Waals surface area contributed by atoms with E-state index < -0.39 is 12.0 Å². The van der Waals surface area contributed by atoms with Crippen LogP contribution in [0.1, 0.15) is 12.0 Å². The van der Waals surface area contributed by atoms with Crippen molar-refractivity contribution >= 4 is 11.9 Å². The molecule has 1 aliphatic heterocycles. The van der Waals surface area contributed by atoms with E-state index in [4.69, 9.17) is 4.74 Å². The number of hydrogen-bond acceptors (Lipinski definition) is 3. The maximum atomic E-state index is 12.1. The zero-order valence-corrected chi connectivity index (χ0v) is 13.9.